The Labute approximate surface area is 195 Å². The van der Waals surface area contributed by atoms with Gasteiger partial charge in [0.05, 0.1) is 32.9 Å². The highest BCUT2D eigenvalue weighted by atomic mass is 35.5. The Morgan fingerprint density at radius 1 is 1.30 bits per heavy atom. The molecule has 9 heteroatoms. The molecule has 1 aliphatic rings. The van der Waals surface area contributed by atoms with Crippen molar-refractivity contribution >= 4 is 33.8 Å². The Kier molecular flexibility index (Phi) is 5.52. The van der Waals surface area contributed by atoms with E-state index in [1.165, 1.54) is 0 Å². The van der Waals surface area contributed by atoms with Gasteiger partial charge in [-0.15, -0.1) is 0 Å². The van der Waals surface area contributed by atoms with E-state index >= 15 is 0 Å². The van der Waals surface area contributed by atoms with Crippen LogP contribution in [0.4, 0.5) is 5.69 Å². The second-order valence-electron chi connectivity index (χ2n) is 8.54. The Morgan fingerprint density at radius 2 is 2.15 bits per heavy atom. The smallest absolute Gasteiger partial charge is 0.258 e. The number of benzene rings is 1. The summed E-state index contributed by atoms with van der Waals surface area (Å²) in [6.07, 6.45) is 5.04. The van der Waals surface area contributed by atoms with Gasteiger partial charge in [-0.2, -0.15) is 5.26 Å². The third-order valence-corrected chi connectivity index (χ3v) is 6.55. The minimum atomic E-state index is -0.229. The van der Waals surface area contributed by atoms with Gasteiger partial charge in [-0.05, 0) is 43.7 Å². The number of hydrogen-bond donors (Lipinski definition) is 2. The maximum Gasteiger partial charge on any atom is 0.258 e. The van der Waals surface area contributed by atoms with Crippen LogP contribution in [0.5, 0.6) is 0 Å². The number of likely N-dealkylation sites (tertiary alicyclic amines) is 1. The van der Waals surface area contributed by atoms with Gasteiger partial charge in [0.25, 0.3) is 5.56 Å². The average Bonchev–Trinajstić information content (AvgIpc) is 3.40. The molecule has 5 rings (SSSR count). The third kappa shape index (κ3) is 4.17. The lowest BCUT2D eigenvalue weighted by Gasteiger charge is -2.17. The molecule has 0 aliphatic carbocycles. The van der Waals surface area contributed by atoms with Crippen LogP contribution in [0.1, 0.15) is 36.0 Å². The largest absolute Gasteiger partial charge is 0.380 e. The quantitative estimate of drug-likeness (QED) is 0.471. The number of hydrogen-bond acceptors (Lipinski definition) is 6. The van der Waals surface area contributed by atoms with E-state index in [2.05, 4.69) is 33.2 Å². The molecule has 0 unspecified atom stereocenters. The predicted octanol–water partition coefficient (Wildman–Crippen LogP) is 3.50. The predicted molar refractivity (Wildman–Crippen MR) is 129 cm³/mol. The van der Waals surface area contributed by atoms with Crippen molar-refractivity contribution < 1.29 is 0 Å². The van der Waals surface area contributed by atoms with Gasteiger partial charge in [-0.25, -0.2) is 9.97 Å². The normalized spacial score (nSPS) is 16.5. The van der Waals surface area contributed by atoms with Crippen LogP contribution in [-0.2, 0) is 6.42 Å². The molecule has 168 valence electrons. The number of likely N-dealkylation sites (N-methyl/N-ethyl adjacent to an activating group) is 1. The molecule has 0 spiro atoms. The van der Waals surface area contributed by atoms with Crippen LogP contribution in [0.3, 0.4) is 0 Å². The Morgan fingerprint density at radius 3 is 2.91 bits per heavy atom. The number of nitrogens with zero attached hydrogens (tertiary/aromatic N) is 5. The molecule has 2 N–H and O–H groups in total. The summed E-state index contributed by atoms with van der Waals surface area (Å²) >= 11 is 6.48. The number of imidazole rings is 1. The van der Waals surface area contributed by atoms with E-state index in [9.17, 15) is 10.1 Å². The maximum absolute atomic E-state index is 12.7. The summed E-state index contributed by atoms with van der Waals surface area (Å²) in [6.45, 7) is 7.12. The van der Waals surface area contributed by atoms with E-state index in [0.29, 0.717) is 39.8 Å². The van der Waals surface area contributed by atoms with Crippen molar-refractivity contribution in [3.05, 3.63) is 68.6 Å². The molecule has 8 nitrogen and oxygen atoms in total. The lowest BCUT2D eigenvalue weighted by molar-refractivity contribution is 0.356. The average molecular weight is 462 g/mol. The van der Waals surface area contributed by atoms with Crippen molar-refractivity contribution in [3.8, 4) is 6.07 Å². The summed E-state index contributed by atoms with van der Waals surface area (Å²) in [4.78, 5) is 27.3. The lowest BCUT2D eigenvalue weighted by atomic mass is 10.2. The van der Waals surface area contributed by atoms with Crippen molar-refractivity contribution in [3.63, 3.8) is 0 Å². The van der Waals surface area contributed by atoms with E-state index in [-0.39, 0.29) is 5.56 Å². The van der Waals surface area contributed by atoms with Crippen molar-refractivity contribution in [1.82, 2.24) is 24.3 Å². The van der Waals surface area contributed by atoms with Crippen molar-refractivity contribution in [1.29, 1.82) is 5.26 Å². The molecule has 4 heterocycles. The number of pyridine rings is 1. The zero-order valence-electron chi connectivity index (χ0n) is 18.5. The molecule has 1 fully saturated rings. The van der Waals surface area contributed by atoms with Crippen molar-refractivity contribution in [2.75, 3.05) is 25.0 Å². The standard InChI is InChI=1S/C24H24ClN7O/c1-3-31-5-4-16(12-31)27-21-9-20-18(8-19(21)25)24(33)30-22(29-20)7-17-13-32-11-15(10-26)14(2)6-23(32)28-17/h6,8-9,11,13,16,27H,3-5,7,12H2,1-2H3,(H,29,30,33)/t16-/m1/s1. The van der Waals surface area contributed by atoms with E-state index in [4.69, 9.17) is 16.6 Å². The number of halogens is 1. The molecular weight excluding hydrogens is 438 g/mol. The van der Waals surface area contributed by atoms with Gasteiger partial charge in [-0.1, -0.05) is 18.5 Å². The number of fused-ring (bicyclic) bond motifs is 2. The van der Waals surface area contributed by atoms with Crippen molar-refractivity contribution in [2.45, 2.75) is 32.7 Å². The molecule has 3 aromatic heterocycles. The first-order valence-corrected chi connectivity index (χ1v) is 11.4. The van der Waals surface area contributed by atoms with E-state index in [0.717, 1.165) is 48.6 Å². The summed E-state index contributed by atoms with van der Waals surface area (Å²) < 4.78 is 1.82. The number of anilines is 1. The number of nitrogens with one attached hydrogen (secondary N) is 2. The van der Waals surface area contributed by atoms with Crippen LogP contribution in [-0.4, -0.2) is 49.9 Å². The highest BCUT2D eigenvalue weighted by Gasteiger charge is 2.22. The summed E-state index contributed by atoms with van der Waals surface area (Å²) in [5.41, 5.74) is 4.14. The lowest BCUT2D eigenvalue weighted by Crippen LogP contribution is -2.26. The number of nitriles is 1. The number of H-pyrrole nitrogens is 1. The maximum atomic E-state index is 12.7. The fraction of sp³-hybridized carbons (Fsp3) is 0.333. The van der Waals surface area contributed by atoms with Gasteiger partial charge >= 0.3 is 0 Å². The highest BCUT2D eigenvalue weighted by Crippen LogP contribution is 2.28. The molecule has 1 saturated heterocycles. The van der Waals surface area contributed by atoms with Gasteiger partial charge in [0.2, 0.25) is 0 Å². The third-order valence-electron chi connectivity index (χ3n) is 6.24. The molecular formula is C24H24ClN7O. The van der Waals surface area contributed by atoms with Crippen molar-refractivity contribution in [2.24, 2.45) is 0 Å². The first-order chi connectivity index (χ1) is 15.9. The minimum Gasteiger partial charge on any atom is -0.380 e. The van der Waals surface area contributed by atoms with E-state index in [1.807, 2.05) is 29.7 Å². The van der Waals surface area contributed by atoms with Crippen LogP contribution in [0.15, 0.2) is 35.4 Å². The molecule has 0 radical (unpaired) electrons. The first kappa shape index (κ1) is 21.4. The number of rotatable bonds is 5. The van der Waals surface area contributed by atoms with Gasteiger partial charge < -0.3 is 19.6 Å². The Bertz CT molecular complexity index is 1470. The van der Waals surface area contributed by atoms with Gasteiger partial charge in [-0.3, -0.25) is 4.79 Å². The van der Waals surface area contributed by atoms with E-state index < -0.39 is 0 Å². The van der Waals surface area contributed by atoms with Crippen LogP contribution in [0, 0.1) is 18.3 Å². The number of aryl methyl sites for hydroxylation is 1. The van der Waals surface area contributed by atoms with E-state index in [1.54, 1.807) is 12.3 Å². The molecule has 33 heavy (non-hydrogen) atoms. The summed E-state index contributed by atoms with van der Waals surface area (Å²) in [5, 5.41) is 13.8. The molecule has 1 aromatic carbocycles. The summed E-state index contributed by atoms with van der Waals surface area (Å²) in [5.74, 6) is 0.527. The van der Waals surface area contributed by atoms with Crippen LogP contribution in [0.2, 0.25) is 5.02 Å². The second-order valence-corrected chi connectivity index (χ2v) is 8.95. The Hall–Kier alpha value is -3.41. The highest BCUT2D eigenvalue weighted by molar-refractivity contribution is 6.34. The first-order valence-electron chi connectivity index (χ1n) is 11.0. The zero-order valence-corrected chi connectivity index (χ0v) is 19.3. The molecule has 0 bridgehead atoms. The second kappa shape index (κ2) is 8.50. The summed E-state index contributed by atoms with van der Waals surface area (Å²) in [6, 6.07) is 7.92. The van der Waals surface area contributed by atoms with Gasteiger partial charge in [0, 0.05) is 37.9 Å². The summed E-state index contributed by atoms with van der Waals surface area (Å²) in [7, 11) is 0. The molecule has 4 aromatic rings. The topological polar surface area (TPSA) is 102 Å². The van der Waals surface area contributed by atoms with Crippen LogP contribution >= 0.6 is 11.6 Å². The van der Waals surface area contributed by atoms with Crippen LogP contribution < -0.4 is 10.9 Å². The number of aromatic amines is 1. The van der Waals surface area contributed by atoms with Gasteiger partial charge in [0.1, 0.15) is 17.5 Å². The minimum absolute atomic E-state index is 0.229. The number of aromatic nitrogens is 4. The SMILES string of the molecule is CCN1CC[C@@H](Nc2cc3nc(Cc4cn5cc(C#N)c(C)cc5n4)[nH]c(=O)c3cc2Cl)C1. The molecule has 1 aliphatic heterocycles. The van der Waals surface area contributed by atoms with Crippen LogP contribution in [0.25, 0.3) is 16.6 Å². The molecule has 1 atom stereocenters. The monoisotopic (exact) mass is 461 g/mol. The molecule has 0 amide bonds. The fourth-order valence-electron chi connectivity index (χ4n) is 4.42. The zero-order chi connectivity index (χ0) is 23.1. The Balaban J connectivity index is 1.45. The molecule has 0 saturated carbocycles. The fourth-order valence-corrected chi connectivity index (χ4v) is 4.63. The van der Waals surface area contributed by atoms with Gasteiger partial charge in [0.15, 0.2) is 0 Å².